The molecule has 1 aromatic carbocycles. The molecule has 0 saturated carbocycles. The van der Waals surface area contributed by atoms with E-state index in [1.54, 1.807) is 11.3 Å². The van der Waals surface area contributed by atoms with E-state index in [0.717, 1.165) is 42.7 Å². The monoisotopic (exact) mass is 385 g/mol. The first kappa shape index (κ1) is 18.0. The van der Waals surface area contributed by atoms with Crippen LogP contribution in [0.3, 0.4) is 0 Å². The number of hydrogen-bond acceptors (Lipinski definition) is 6. The smallest absolute Gasteiger partial charge is 0.274 e. The molecule has 1 N–H and O–H groups in total. The Balaban J connectivity index is 1.41. The summed E-state index contributed by atoms with van der Waals surface area (Å²) >= 11 is 1.62. The second-order valence-electron chi connectivity index (χ2n) is 6.69. The number of quaternary nitrogens is 1. The first-order valence-corrected chi connectivity index (χ1v) is 10.3. The van der Waals surface area contributed by atoms with Crippen molar-refractivity contribution in [1.29, 1.82) is 0 Å². The van der Waals surface area contributed by atoms with Crippen LogP contribution in [0.4, 0.5) is 5.69 Å². The second-order valence-corrected chi connectivity index (χ2v) is 7.64. The van der Waals surface area contributed by atoms with Crippen LogP contribution in [0.25, 0.3) is 10.8 Å². The molecule has 1 saturated heterocycles. The Morgan fingerprint density at radius 2 is 2.00 bits per heavy atom. The summed E-state index contributed by atoms with van der Waals surface area (Å²) in [6.07, 6.45) is 0. The van der Waals surface area contributed by atoms with Crippen LogP contribution >= 0.6 is 11.3 Å². The Kier molecular flexibility index (Phi) is 5.40. The SMILES string of the molecule is CCOc1ccccc1N1CC[NH+]([C@H](C)c2nnc(-c3cccs3)o2)CC1. The van der Waals surface area contributed by atoms with Gasteiger partial charge in [0, 0.05) is 0 Å². The van der Waals surface area contributed by atoms with Crippen LogP contribution in [0.15, 0.2) is 46.2 Å². The number of piperazine rings is 1. The lowest BCUT2D eigenvalue weighted by Gasteiger charge is -2.36. The minimum Gasteiger partial charge on any atom is -0.492 e. The molecule has 142 valence electrons. The molecule has 6 nitrogen and oxygen atoms in total. The van der Waals surface area contributed by atoms with E-state index in [2.05, 4.69) is 34.2 Å². The molecule has 2 aromatic heterocycles. The molecule has 0 spiro atoms. The summed E-state index contributed by atoms with van der Waals surface area (Å²) in [6, 6.07) is 12.5. The molecule has 7 heteroatoms. The average Bonchev–Trinajstić information content (AvgIpc) is 3.40. The Labute approximate surface area is 163 Å². The van der Waals surface area contributed by atoms with Crippen molar-refractivity contribution < 1.29 is 14.1 Å². The van der Waals surface area contributed by atoms with E-state index in [0.29, 0.717) is 12.5 Å². The van der Waals surface area contributed by atoms with Crippen molar-refractivity contribution >= 4 is 17.0 Å². The predicted octanol–water partition coefficient (Wildman–Crippen LogP) is 2.66. The van der Waals surface area contributed by atoms with Gasteiger partial charge in [0.15, 0.2) is 6.04 Å². The molecule has 1 aliphatic rings. The molecule has 0 unspecified atom stereocenters. The Bertz CT molecular complexity index is 857. The number of nitrogens with zero attached hydrogens (tertiary/aromatic N) is 3. The number of rotatable bonds is 6. The van der Waals surface area contributed by atoms with Crippen molar-refractivity contribution in [3.05, 3.63) is 47.7 Å². The summed E-state index contributed by atoms with van der Waals surface area (Å²) in [7, 11) is 0. The van der Waals surface area contributed by atoms with Gasteiger partial charge in [-0.15, -0.1) is 21.5 Å². The van der Waals surface area contributed by atoms with Crippen molar-refractivity contribution in [1.82, 2.24) is 10.2 Å². The summed E-state index contributed by atoms with van der Waals surface area (Å²) in [5.41, 5.74) is 1.18. The maximum Gasteiger partial charge on any atom is 0.274 e. The second kappa shape index (κ2) is 8.10. The zero-order valence-electron chi connectivity index (χ0n) is 15.7. The lowest BCUT2D eigenvalue weighted by molar-refractivity contribution is -0.931. The topological polar surface area (TPSA) is 55.8 Å². The highest BCUT2D eigenvalue weighted by atomic mass is 32.1. The normalized spacial score (nSPS) is 16.4. The van der Waals surface area contributed by atoms with E-state index >= 15 is 0 Å². The van der Waals surface area contributed by atoms with Crippen LogP contribution in [0.1, 0.15) is 25.8 Å². The summed E-state index contributed by atoms with van der Waals surface area (Å²) in [5.74, 6) is 2.31. The lowest BCUT2D eigenvalue weighted by atomic mass is 10.2. The van der Waals surface area contributed by atoms with Gasteiger partial charge < -0.3 is 19.0 Å². The quantitative estimate of drug-likeness (QED) is 0.707. The van der Waals surface area contributed by atoms with Gasteiger partial charge in [0.2, 0.25) is 0 Å². The van der Waals surface area contributed by atoms with E-state index in [4.69, 9.17) is 9.15 Å². The average molecular weight is 386 g/mol. The standard InChI is InChI=1S/C20H24N4O2S/c1-3-25-17-8-5-4-7-16(17)24-12-10-23(11-13-24)15(2)19-21-22-20(26-19)18-9-6-14-27-18/h4-9,14-15H,3,10-13H2,1-2H3/p+1/t15-/m1/s1. The maximum atomic E-state index is 5.94. The van der Waals surface area contributed by atoms with Crippen molar-refractivity contribution in [2.45, 2.75) is 19.9 Å². The van der Waals surface area contributed by atoms with E-state index in [9.17, 15) is 0 Å². The molecule has 27 heavy (non-hydrogen) atoms. The van der Waals surface area contributed by atoms with E-state index in [1.165, 1.54) is 10.6 Å². The summed E-state index contributed by atoms with van der Waals surface area (Å²) in [6.45, 7) is 8.89. The number of thiophene rings is 1. The number of ether oxygens (including phenoxy) is 1. The molecule has 1 fully saturated rings. The van der Waals surface area contributed by atoms with Gasteiger partial charge in [-0.2, -0.15) is 0 Å². The minimum absolute atomic E-state index is 0.190. The van der Waals surface area contributed by atoms with Crippen molar-refractivity contribution in [2.75, 3.05) is 37.7 Å². The number of benzene rings is 1. The largest absolute Gasteiger partial charge is 0.492 e. The third kappa shape index (κ3) is 3.84. The third-order valence-corrected chi connectivity index (χ3v) is 5.92. The molecule has 3 heterocycles. The lowest BCUT2D eigenvalue weighted by Crippen LogP contribution is -3.14. The molecule has 0 bridgehead atoms. The minimum atomic E-state index is 0.190. The molecule has 3 aromatic rings. The molecule has 1 aliphatic heterocycles. The Hall–Kier alpha value is -2.38. The number of para-hydroxylation sites is 2. The highest BCUT2D eigenvalue weighted by Crippen LogP contribution is 2.28. The highest BCUT2D eigenvalue weighted by Gasteiger charge is 2.30. The molecular formula is C20H25N4O2S+. The predicted molar refractivity (Wildman–Crippen MR) is 107 cm³/mol. The fourth-order valence-corrected chi connectivity index (χ4v) is 4.19. The highest BCUT2D eigenvalue weighted by molar-refractivity contribution is 7.13. The van der Waals surface area contributed by atoms with Gasteiger partial charge in [-0.3, -0.25) is 0 Å². The van der Waals surface area contributed by atoms with Crippen LogP contribution in [0.2, 0.25) is 0 Å². The van der Waals surface area contributed by atoms with Crippen molar-refractivity contribution in [3.63, 3.8) is 0 Å². The molecule has 0 radical (unpaired) electrons. The van der Waals surface area contributed by atoms with E-state index in [-0.39, 0.29) is 6.04 Å². The van der Waals surface area contributed by atoms with Crippen LogP contribution < -0.4 is 14.5 Å². The Morgan fingerprint density at radius 3 is 2.74 bits per heavy atom. The summed E-state index contributed by atoms with van der Waals surface area (Å²) < 4.78 is 11.7. The zero-order valence-corrected chi connectivity index (χ0v) is 16.5. The fraction of sp³-hybridized carbons (Fsp3) is 0.400. The van der Waals surface area contributed by atoms with Crippen molar-refractivity contribution in [3.8, 4) is 16.5 Å². The van der Waals surface area contributed by atoms with Gasteiger partial charge in [0.25, 0.3) is 11.8 Å². The third-order valence-electron chi connectivity index (χ3n) is 5.07. The first-order valence-electron chi connectivity index (χ1n) is 9.45. The molecule has 4 rings (SSSR count). The summed E-state index contributed by atoms with van der Waals surface area (Å²) in [5, 5.41) is 10.5. The van der Waals surface area contributed by atoms with Gasteiger partial charge in [0.05, 0.1) is 43.4 Å². The van der Waals surface area contributed by atoms with E-state index in [1.807, 2.05) is 36.6 Å². The fourth-order valence-electron chi connectivity index (χ4n) is 3.55. The van der Waals surface area contributed by atoms with Gasteiger partial charge in [-0.25, -0.2) is 0 Å². The number of nitrogens with one attached hydrogen (secondary N) is 1. The van der Waals surface area contributed by atoms with Gasteiger partial charge in [0.1, 0.15) is 5.75 Å². The van der Waals surface area contributed by atoms with Crippen LogP contribution in [0, 0.1) is 0 Å². The van der Waals surface area contributed by atoms with Crippen molar-refractivity contribution in [2.24, 2.45) is 0 Å². The van der Waals surface area contributed by atoms with Crippen LogP contribution in [-0.4, -0.2) is 43.0 Å². The Morgan fingerprint density at radius 1 is 1.19 bits per heavy atom. The maximum absolute atomic E-state index is 5.94. The zero-order chi connectivity index (χ0) is 18.6. The molecule has 0 aliphatic carbocycles. The van der Waals surface area contributed by atoms with Gasteiger partial charge in [-0.1, -0.05) is 18.2 Å². The molecule has 1 atom stereocenters. The number of aromatic nitrogens is 2. The van der Waals surface area contributed by atoms with Gasteiger partial charge in [-0.05, 0) is 37.4 Å². The first-order chi connectivity index (χ1) is 13.3. The van der Waals surface area contributed by atoms with E-state index < -0.39 is 0 Å². The number of hydrogen-bond donors (Lipinski definition) is 1. The van der Waals surface area contributed by atoms with Gasteiger partial charge >= 0.3 is 0 Å². The van der Waals surface area contributed by atoms with Crippen LogP contribution in [0.5, 0.6) is 5.75 Å². The molecular weight excluding hydrogens is 360 g/mol. The number of anilines is 1. The molecule has 0 amide bonds. The van der Waals surface area contributed by atoms with Crippen LogP contribution in [-0.2, 0) is 0 Å². The summed E-state index contributed by atoms with van der Waals surface area (Å²) in [4.78, 5) is 4.90.